The van der Waals surface area contributed by atoms with Crippen LogP contribution in [0.2, 0.25) is 0 Å². The number of anilines is 1. The molecule has 0 saturated heterocycles. The smallest absolute Gasteiger partial charge is 0.118 e. The van der Waals surface area contributed by atoms with Gasteiger partial charge < -0.3 is 10.1 Å². The van der Waals surface area contributed by atoms with Crippen molar-refractivity contribution in [1.29, 1.82) is 0 Å². The Labute approximate surface area is 128 Å². The first kappa shape index (κ1) is 14.2. The van der Waals surface area contributed by atoms with Gasteiger partial charge in [-0.1, -0.05) is 12.1 Å². The van der Waals surface area contributed by atoms with E-state index in [1.807, 2.05) is 12.1 Å². The van der Waals surface area contributed by atoms with E-state index < -0.39 is 0 Å². The average molecular weight is 367 g/mol. The standard InChI is InChI=1S/C16H18INO/c1-12(18-15-7-5-14(17)6-8-15)11-13-3-9-16(19-2)10-4-13/h3-10,12,18H,11H2,1-2H3. The molecule has 2 rings (SSSR count). The van der Waals surface area contributed by atoms with Crippen LogP contribution in [0.5, 0.6) is 5.75 Å². The molecule has 1 N–H and O–H groups in total. The van der Waals surface area contributed by atoms with E-state index in [9.17, 15) is 0 Å². The molecule has 0 amide bonds. The number of benzene rings is 2. The minimum atomic E-state index is 0.397. The van der Waals surface area contributed by atoms with Crippen LogP contribution in [0.3, 0.4) is 0 Å². The maximum Gasteiger partial charge on any atom is 0.118 e. The van der Waals surface area contributed by atoms with Crippen molar-refractivity contribution in [2.24, 2.45) is 0 Å². The van der Waals surface area contributed by atoms with E-state index in [0.717, 1.165) is 12.2 Å². The van der Waals surface area contributed by atoms with Crippen LogP contribution in [-0.2, 0) is 6.42 Å². The molecule has 0 aliphatic carbocycles. The first-order chi connectivity index (χ1) is 9.17. The van der Waals surface area contributed by atoms with Gasteiger partial charge in [-0.15, -0.1) is 0 Å². The highest BCUT2D eigenvalue weighted by Gasteiger charge is 2.04. The monoisotopic (exact) mass is 367 g/mol. The third-order valence-electron chi connectivity index (χ3n) is 2.96. The Bertz CT molecular complexity index is 507. The van der Waals surface area contributed by atoms with Crippen LogP contribution in [0, 0.1) is 3.57 Å². The van der Waals surface area contributed by atoms with E-state index >= 15 is 0 Å². The predicted octanol–water partition coefficient (Wildman–Crippen LogP) is 4.34. The molecule has 1 unspecified atom stereocenters. The molecule has 3 heteroatoms. The average Bonchev–Trinajstić information content (AvgIpc) is 2.42. The number of rotatable bonds is 5. The number of hydrogen-bond donors (Lipinski definition) is 1. The Morgan fingerprint density at radius 1 is 1.05 bits per heavy atom. The fourth-order valence-electron chi connectivity index (χ4n) is 2.00. The van der Waals surface area contributed by atoms with Crippen LogP contribution < -0.4 is 10.1 Å². The fourth-order valence-corrected chi connectivity index (χ4v) is 2.36. The van der Waals surface area contributed by atoms with E-state index in [4.69, 9.17) is 4.74 Å². The zero-order valence-electron chi connectivity index (χ0n) is 11.2. The summed E-state index contributed by atoms with van der Waals surface area (Å²) < 4.78 is 6.42. The number of hydrogen-bond acceptors (Lipinski definition) is 2. The van der Waals surface area contributed by atoms with Crippen molar-refractivity contribution in [3.05, 3.63) is 57.7 Å². The Morgan fingerprint density at radius 3 is 2.26 bits per heavy atom. The SMILES string of the molecule is COc1ccc(CC(C)Nc2ccc(I)cc2)cc1. The highest BCUT2D eigenvalue weighted by atomic mass is 127. The third kappa shape index (κ3) is 4.42. The van der Waals surface area contributed by atoms with Gasteiger partial charge in [-0.2, -0.15) is 0 Å². The molecule has 0 fully saturated rings. The van der Waals surface area contributed by atoms with Crippen molar-refractivity contribution in [1.82, 2.24) is 0 Å². The second kappa shape index (κ2) is 6.80. The number of ether oxygens (including phenoxy) is 1. The Morgan fingerprint density at radius 2 is 1.68 bits per heavy atom. The molecule has 0 saturated carbocycles. The zero-order valence-corrected chi connectivity index (χ0v) is 13.3. The van der Waals surface area contributed by atoms with Crippen molar-refractivity contribution < 1.29 is 4.74 Å². The molecule has 2 aromatic rings. The summed E-state index contributed by atoms with van der Waals surface area (Å²) in [6, 6.07) is 17.1. The van der Waals surface area contributed by atoms with Crippen molar-refractivity contribution in [2.45, 2.75) is 19.4 Å². The number of methoxy groups -OCH3 is 1. The van der Waals surface area contributed by atoms with E-state index in [-0.39, 0.29) is 0 Å². The number of halogens is 1. The summed E-state index contributed by atoms with van der Waals surface area (Å²) in [6.45, 7) is 2.20. The predicted molar refractivity (Wildman–Crippen MR) is 88.9 cm³/mol. The lowest BCUT2D eigenvalue weighted by Crippen LogP contribution is -2.17. The molecule has 0 aliphatic rings. The van der Waals surface area contributed by atoms with Gasteiger partial charge in [0.1, 0.15) is 5.75 Å². The topological polar surface area (TPSA) is 21.3 Å². The zero-order chi connectivity index (χ0) is 13.7. The van der Waals surface area contributed by atoms with Crippen LogP contribution in [-0.4, -0.2) is 13.2 Å². The lowest BCUT2D eigenvalue weighted by Gasteiger charge is -2.15. The second-order valence-electron chi connectivity index (χ2n) is 4.60. The normalized spacial score (nSPS) is 11.9. The molecule has 100 valence electrons. The molecular formula is C16H18INO. The van der Waals surface area contributed by atoms with Gasteiger partial charge in [0.15, 0.2) is 0 Å². The molecule has 0 heterocycles. The first-order valence-corrected chi connectivity index (χ1v) is 7.40. The number of nitrogens with one attached hydrogen (secondary N) is 1. The molecule has 0 aliphatic heterocycles. The summed E-state index contributed by atoms with van der Waals surface area (Å²) in [4.78, 5) is 0. The fraction of sp³-hybridized carbons (Fsp3) is 0.250. The molecule has 1 atom stereocenters. The summed E-state index contributed by atoms with van der Waals surface area (Å²) in [5.41, 5.74) is 2.48. The Balaban J connectivity index is 1.92. The molecule has 0 spiro atoms. The van der Waals surface area contributed by atoms with Gasteiger partial charge in [-0.25, -0.2) is 0 Å². The minimum absolute atomic E-state index is 0.397. The summed E-state index contributed by atoms with van der Waals surface area (Å²) in [7, 11) is 1.69. The van der Waals surface area contributed by atoms with Crippen molar-refractivity contribution in [3.63, 3.8) is 0 Å². The molecular weight excluding hydrogens is 349 g/mol. The van der Waals surface area contributed by atoms with Gasteiger partial charge in [0.25, 0.3) is 0 Å². The van der Waals surface area contributed by atoms with Gasteiger partial charge >= 0.3 is 0 Å². The van der Waals surface area contributed by atoms with Crippen LogP contribution in [0.4, 0.5) is 5.69 Å². The van der Waals surface area contributed by atoms with Crippen LogP contribution in [0.25, 0.3) is 0 Å². The van der Waals surface area contributed by atoms with Crippen LogP contribution in [0.15, 0.2) is 48.5 Å². The van der Waals surface area contributed by atoms with Crippen molar-refractivity contribution in [3.8, 4) is 5.75 Å². The molecule has 0 radical (unpaired) electrons. The van der Waals surface area contributed by atoms with Gasteiger partial charge in [0.05, 0.1) is 7.11 Å². The van der Waals surface area contributed by atoms with E-state index in [0.29, 0.717) is 6.04 Å². The first-order valence-electron chi connectivity index (χ1n) is 6.32. The summed E-state index contributed by atoms with van der Waals surface area (Å²) in [6.07, 6.45) is 0.996. The quantitative estimate of drug-likeness (QED) is 0.794. The second-order valence-corrected chi connectivity index (χ2v) is 5.85. The maximum absolute atomic E-state index is 5.16. The highest BCUT2D eigenvalue weighted by molar-refractivity contribution is 14.1. The Hall–Kier alpha value is -1.23. The van der Waals surface area contributed by atoms with Gasteiger partial charge in [0.2, 0.25) is 0 Å². The van der Waals surface area contributed by atoms with Gasteiger partial charge in [-0.3, -0.25) is 0 Å². The summed E-state index contributed by atoms with van der Waals surface area (Å²) in [5.74, 6) is 0.905. The van der Waals surface area contributed by atoms with E-state index in [2.05, 4.69) is 71.2 Å². The molecule has 19 heavy (non-hydrogen) atoms. The highest BCUT2D eigenvalue weighted by Crippen LogP contribution is 2.16. The summed E-state index contributed by atoms with van der Waals surface area (Å²) >= 11 is 2.32. The lowest BCUT2D eigenvalue weighted by molar-refractivity contribution is 0.414. The summed E-state index contributed by atoms with van der Waals surface area (Å²) in [5, 5.41) is 3.51. The lowest BCUT2D eigenvalue weighted by atomic mass is 10.1. The molecule has 0 bridgehead atoms. The minimum Gasteiger partial charge on any atom is -0.497 e. The van der Waals surface area contributed by atoms with E-state index in [1.54, 1.807) is 7.11 Å². The molecule has 2 nitrogen and oxygen atoms in total. The molecule has 0 aromatic heterocycles. The van der Waals surface area contributed by atoms with Gasteiger partial charge in [-0.05, 0) is 77.9 Å². The maximum atomic E-state index is 5.16. The van der Waals surface area contributed by atoms with Crippen LogP contribution >= 0.6 is 22.6 Å². The van der Waals surface area contributed by atoms with Gasteiger partial charge in [0, 0.05) is 15.3 Å². The Kier molecular flexibility index (Phi) is 5.07. The van der Waals surface area contributed by atoms with E-state index in [1.165, 1.54) is 14.8 Å². The third-order valence-corrected chi connectivity index (χ3v) is 3.68. The van der Waals surface area contributed by atoms with Crippen LogP contribution in [0.1, 0.15) is 12.5 Å². The largest absolute Gasteiger partial charge is 0.497 e. The van der Waals surface area contributed by atoms with Crippen molar-refractivity contribution >= 4 is 28.3 Å². The molecule has 2 aromatic carbocycles. The van der Waals surface area contributed by atoms with Crippen molar-refractivity contribution in [2.75, 3.05) is 12.4 Å².